The van der Waals surface area contributed by atoms with Crippen LogP contribution < -0.4 is 16.2 Å². The Kier molecular flexibility index (Phi) is 6.31. The molecular weight excluding hydrogens is 308 g/mol. The van der Waals surface area contributed by atoms with Crippen molar-refractivity contribution in [3.8, 4) is 5.75 Å². The lowest BCUT2D eigenvalue weighted by molar-refractivity contribution is -0.118. The highest BCUT2D eigenvalue weighted by atomic mass is 79.9. The van der Waals surface area contributed by atoms with Crippen molar-refractivity contribution in [2.24, 2.45) is 17.4 Å². The summed E-state index contributed by atoms with van der Waals surface area (Å²) in [5.41, 5.74) is 12.4. The van der Waals surface area contributed by atoms with E-state index in [2.05, 4.69) is 15.9 Å². The number of amides is 1. The van der Waals surface area contributed by atoms with E-state index in [9.17, 15) is 4.79 Å². The number of ether oxygens (including phenoxy) is 1. The summed E-state index contributed by atoms with van der Waals surface area (Å²) >= 11 is 3.47. The maximum absolute atomic E-state index is 10.9. The summed E-state index contributed by atoms with van der Waals surface area (Å²) in [5, 5.41) is 0. The van der Waals surface area contributed by atoms with Gasteiger partial charge in [0.1, 0.15) is 5.75 Å². The van der Waals surface area contributed by atoms with Crippen molar-refractivity contribution in [1.82, 2.24) is 0 Å². The van der Waals surface area contributed by atoms with Gasteiger partial charge in [0, 0.05) is 12.5 Å². The molecule has 0 bridgehead atoms. The molecule has 0 aliphatic heterocycles. The van der Waals surface area contributed by atoms with Crippen molar-refractivity contribution in [3.05, 3.63) is 28.2 Å². The van der Waals surface area contributed by atoms with Crippen molar-refractivity contribution in [2.45, 2.75) is 32.7 Å². The summed E-state index contributed by atoms with van der Waals surface area (Å²) < 4.78 is 6.35. The van der Waals surface area contributed by atoms with E-state index in [4.69, 9.17) is 16.2 Å². The fourth-order valence-electron chi connectivity index (χ4n) is 2.02. The zero-order valence-electron chi connectivity index (χ0n) is 11.4. The molecule has 4 N–H and O–H groups in total. The van der Waals surface area contributed by atoms with Gasteiger partial charge in [-0.15, -0.1) is 0 Å². The van der Waals surface area contributed by atoms with Gasteiger partial charge in [0.15, 0.2) is 0 Å². The average molecular weight is 329 g/mol. The van der Waals surface area contributed by atoms with Gasteiger partial charge in [-0.1, -0.05) is 13.0 Å². The van der Waals surface area contributed by atoms with Crippen LogP contribution >= 0.6 is 15.9 Å². The van der Waals surface area contributed by atoms with Gasteiger partial charge in [-0.3, -0.25) is 4.79 Å². The van der Waals surface area contributed by atoms with Gasteiger partial charge >= 0.3 is 0 Å². The molecule has 0 aliphatic rings. The predicted molar refractivity (Wildman–Crippen MR) is 79.8 cm³/mol. The summed E-state index contributed by atoms with van der Waals surface area (Å²) in [6, 6.07) is 5.72. The number of rotatable bonds is 7. The van der Waals surface area contributed by atoms with Crippen molar-refractivity contribution in [2.75, 3.05) is 6.61 Å². The maximum atomic E-state index is 10.9. The number of benzene rings is 1. The van der Waals surface area contributed by atoms with E-state index in [0.717, 1.165) is 22.2 Å². The van der Waals surface area contributed by atoms with Crippen LogP contribution in [0.5, 0.6) is 5.75 Å². The van der Waals surface area contributed by atoms with E-state index >= 15 is 0 Å². The molecule has 2 unspecified atom stereocenters. The van der Waals surface area contributed by atoms with Gasteiger partial charge in [-0.2, -0.15) is 0 Å². The second-order valence-electron chi connectivity index (χ2n) is 4.74. The minimum absolute atomic E-state index is 0.110. The summed E-state index contributed by atoms with van der Waals surface area (Å²) in [6.07, 6.45) is 1.09. The first kappa shape index (κ1) is 16.0. The molecule has 0 aromatic heterocycles. The quantitative estimate of drug-likeness (QED) is 0.807. The van der Waals surface area contributed by atoms with Crippen LogP contribution in [0.25, 0.3) is 0 Å². The minimum atomic E-state index is -0.285. The molecule has 0 saturated heterocycles. The monoisotopic (exact) mass is 328 g/mol. The first-order chi connectivity index (χ1) is 8.93. The number of primary amides is 1. The van der Waals surface area contributed by atoms with E-state index in [0.29, 0.717) is 13.0 Å². The van der Waals surface area contributed by atoms with E-state index in [1.807, 2.05) is 32.0 Å². The Balaban J connectivity index is 2.69. The Bertz CT molecular complexity index is 437. The van der Waals surface area contributed by atoms with Crippen LogP contribution in [0.3, 0.4) is 0 Å². The summed E-state index contributed by atoms with van der Waals surface area (Å²) in [4.78, 5) is 10.9. The standard InChI is InChI=1S/C14H21BrN2O2/c1-3-19-13-5-4-10(8-11(13)15)12(16)6-9(2)7-14(17)18/h4-5,8-9,12H,3,6-7,16H2,1-2H3,(H2,17,18). The lowest BCUT2D eigenvalue weighted by Gasteiger charge is -2.17. The van der Waals surface area contributed by atoms with E-state index < -0.39 is 0 Å². The predicted octanol–water partition coefficient (Wildman–Crippen LogP) is 2.75. The Morgan fingerprint density at radius 2 is 2.16 bits per heavy atom. The molecule has 1 aromatic rings. The fourth-order valence-corrected chi connectivity index (χ4v) is 2.53. The molecule has 106 valence electrons. The highest BCUT2D eigenvalue weighted by Crippen LogP contribution is 2.30. The SMILES string of the molecule is CCOc1ccc(C(N)CC(C)CC(N)=O)cc1Br. The minimum Gasteiger partial charge on any atom is -0.493 e. The van der Waals surface area contributed by atoms with Crippen LogP contribution in [0.4, 0.5) is 0 Å². The van der Waals surface area contributed by atoms with Crippen molar-refractivity contribution < 1.29 is 9.53 Å². The molecular formula is C14H21BrN2O2. The third-order valence-electron chi connectivity index (χ3n) is 2.89. The van der Waals surface area contributed by atoms with Crippen LogP contribution in [-0.4, -0.2) is 12.5 Å². The van der Waals surface area contributed by atoms with E-state index in [1.54, 1.807) is 0 Å². The average Bonchev–Trinajstić information content (AvgIpc) is 2.30. The van der Waals surface area contributed by atoms with E-state index in [-0.39, 0.29) is 17.9 Å². The van der Waals surface area contributed by atoms with Crippen LogP contribution in [0.2, 0.25) is 0 Å². The molecule has 0 radical (unpaired) electrons. The molecule has 1 amide bonds. The third kappa shape index (κ3) is 5.20. The second kappa shape index (κ2) is 7.50. The van der Waals surface area contributed by atoms with Crippen molar-refractivity contribution >= 4 is 21.8 Å². The highest BCUT2D eigenvalue weighted by Gasteiger charge is 2.14. The zero-order valence-corrected chi connectivity index (χ0v) is 12.9. The van der Waals surface area contributed by atoms with Gasteiger partial charge < -0.3 is 16.2 Å². The van der Waals surface area contributed by atoms with Gasteiger partial charge in [0.05, 0.1) is 11.1 Å². The molecule has 1 rings (SSSR count). The number of hydrogen-bond acceptors (Lipinski definition) is 3. The van der Waals surface area contributed by atoms with Gasteiger partial charge in [-0.25, -0.2) is 0 Å². The molecule has 0 saturated carbocycles. The van der Waals surface area contributed by atoms with Gasteiger partial charge in [0.2, 0.25) is 5.91 Å². The number of carbonyl (C=O) groups is 1. The molecule has 2 atom stereocenters. The van der Waals surface area contributed by atoms with Crippen LogP contribution in [0.1, 0.15) is 38.3 Å². The fraction of sp³-hybridized carbons (Fsp3) is 0.500. The Labute approximate surface area is 122 Å². The number of halogens is 1. The molecule has 5 heteroatoms. The lowest BCUT2D eigenvalue weighted by Crippen LogP contribution is -2.19. The van der Waals surface area contributed by atoms with Crippen LogP contribution in [0, 0.1) is 5.92 Å². The molecule has 1 aromatic carbocycles. The Hall–Kier alpha value is -1.07. The van der Waals surface area contributed by atoms with Gasteiger partial charge in [-0.05, 0) is 52.9 Å². The smallest absolute Gasteiger partial charge is 0.217 e. The van der Waals surface area contributed by atoms with E-state index in [1.165, 1.54) is 0 Å². The maximum Gasteiger partial charge on any atom is 0.217 e. The Morgan fingerprint density at radius 3 is 2.68 bits per heavy atom. The molecule has 0 spiro atoms. The van der Waals surface area contributed by atoms with Crippen molar-refractivity contribution in [3.63, 3.8) is 0 Å². The molecule has 0 fully saturated rings. The highest BCUT2D eigenvalue weighted by molar-refractivity contribution is 9.10. The first-order valence-electron chi connectivity index (χ1n) is 6.40. The Morgan fingerprint density at radius 1 is 1.47 bits per heavy atom. The second-order valence-corrected chi connectivity index (χ2v) is 5.60. The topological polar surface area (TPSA) is 78.3 Å². The van der Waals surface area contributed by atoms with Crippen LogP contribution in [0.15, 0.2) is 22.7 Å². The lowest BCUT2D eigenvalue weighted by atomic mass is 9.94. The first-order valence-corrected chi connectivity index (χ1v) is 7.19. The summed E-state index contributed by atoms with van der Waals surface area (Å²) in [6.45, 7) is 4.55. The third-order valence-corrected chi connectivity index (χ3v) is 3.51. The normalized spacial score (nSPS) is 13.9. The molecule has 4 nitrogen and oxygen atoms in total. The zero-order chi connectivity index (χ0) is 14.4. The number of carbonyl (C=O) groups excluding carboxylic acids is 1. The number of hydrogen-bond donors (Lipinski definition) is 2. The molecule has 0 aliphatic carbocycles. The van der Waals surface area contributed by atoms with Crippen LogP contribution in [-0.2, 0) is 4.79 Å². The molecule has 0 heterocycles. The summed E-state index contributed by atoms with van der Waals surface area (Å²) in [7, 11) is 0. The van der Waals surface area contributed by atoms with Crippen molar-refractivity contribution in [1.29, 1.82) is 0 Å². The molecule has 19 heavy (non-hydrogen) atoms. The largest absolute Gasteiger partial charge is 0.493 e. The number of nitrogens with two attached hydrogens (primary N) is 2. The summed E-state index contributed by atoms with van der Waals surface area (Å²) in [5.74, 6) is 0.703. The van der Waals surface area contributed by atoms with Gasteiger partial charge in [0.25, 0.3) is 0 Å².